The minimum Gasteiger partial charge on any atom is -0.368 e. The van der Waals surface area contributed by atoms with E-state index >= 15 is 0 Å². The average molecular weight is 666 g/mol. The number of rotatable bonds is 16. The summed E-state index contributed by atoms with van der Waals surface area (Å²) in [5.41, 5.74) is 2.06. The van der Waals surface area contributed by atoms with E-state index in [-0.39, 0.29) is 22.8 Å². The van der Waals surface area contributed by atoms with Gasteiger partial charge in [0.2, 0.25) is 0 Å². The molecule has 1 amide bonds. The van der Waals surface area contributed by atoms with Crippen LogP contribution in [0.4, 0.5) is 15.9 Å². The molecule has 0 radical (unpaired) electrons. The lowest BCUT2D eigenvalue weighted by molar-refractivity contribution is -0.122. The third-order valence-corrected chi connectivity index (χ3v) is 10.3. The van der Waals surface area contributed by atoms with Crippen molar-refractivity contribution < 1.29 is 9.18 Å². The first kappa shape index (κ1) is 35.7. The molecule has 0 bridgehead atoms. The summed E-state index contributed by atoms with van der Waals surface area (Å²) in [5, 5.41) is 9.99. The van der Waals surface area contributed by atoms with Gasteiger partial charge in [0.1, 0.15) is 27.6 Å². The van der Waals surface area contributed by atoms with Gasteiger partial charge in [-0.25, -0.2) is 4.39 Å². The fourth-order valence-electron chi connectivity index (χ4n) is 6.33. The van der Waals surface area contributed by atoms with E-state index in [1.807, 2.05) is 13.0 Å². The Morgan fingerprint density at radius 3 is 2.04 bits per heavy atom. The van der Waals surface area contributed by atoms with Crippen molar-refractivity contribution in [3.8, 4) is 6.07 Å². The second kappa shape index (κ2) is 17.7. The smallest absolute Gasteiger partial charge is 0.270 e. The molecule has 2 aromatic rings. The molecule has 2 fully saturated rings. The van der Waals surface area contributed by atoms with Gasteiger partial charge in [0.15, 0.2) is 0 Å². The van der Waals surface area contributed by atoms with E-state index in [2.05, 4.69) is 22.8 Å². The highest BCUT2D eigenvalue weighted by molar-refractivity contribution is 8.26. The molecule has 0 saturated carbocycles. The van der Waals surface area contributed by atoms with Gasteiger partial charge in [0, 0.05) is 50.5 Å². The summed E-state index contributed by atoms with van der Waals surface area (Å²) < 4.78 is 15.8. The van der Waals surface area contributed by atoms with Gasteiger partial charge in [-0.1, -0.05) is 95.6 Å². The van der Waals surface area contributed by atoms with Gasteiger partial charge in [0.05, 0.1) is 4.91 Å². The van der Waals surface area contributed by atoms with Gasteiger partial charge >= 0.3 is 0 Å². The van der Waals surface area contributed by atoms with Crippen molar-refractivity contribution in [2.24, 2.45) is 0 Å². The number of thiocarbonyl (C=S) groups is 1. The van der Waals surface area contributed by atoms with Crippen LogP contribution in [-0.2, 0) is 11.3 Å². The van der Waals surface area contributed by atoms with Gasteiger partial charge in [-0.2, -0.15) is 5.26 Å². The molecule has 0 aliphatic carbocycles. The first-order chi connectivity index (χ1) is 22.3. The lowest BCUT2D eigenvalue weighted by atomic mass is 10.0. The molecule has 10 heteroatoms. The predicted molar refractivity (Wildman–Crippen MR) is 193 cm³/mol. The number of nitriles is 1. The molecule has 248 valence electrons. The Bertz CT molecular complexity index is 1490. The van der Waals surface area contributed by atoms with Crippen LogP contribution in [0.2, 0.25) is 0 Å². The van der Waals surface area contributed by atoms with Crippen LogP contribution in [0.15, 0.2) is 34.0 Å². The lowest BCUT2D eigenvalue weighted by Gasteiger charge is -2.39. The number of anilines is 2. The number of unbranched alkanes of at least 4 members (excludes halogenated alkanes) is 9. The molecule has 7 nitrogen and oxygen atoms in total. The molecule has 2 saturated heterocycles. The van der Waals surface area contributed by atoms with Gasteiger partial charge in [-0.15, -0.1) is 0 Å². The molecule has 0 spiro atoms. The number of carbonyl (C=O) groups excluding carboxylic acids is 1. The highest BCUT2D eigenvalue weighted by Gasteiger charge is 2.33. The highest BCUT2D eigenvalue weighted by Crippen LogP contribution is 2.36. The number of aromatic nitrogens is 1. The number of hydrogen-bond donors (Lipinski definition) is 0. The Labute approximate surface area is 283 Å². The van der Waals surface area contributed by atoms with E-state index in [0.29, 0.717) is 54.1 Å². The maximum Gasteiger partial charge on any atom is 0.270 e. The molecule has 1 aromatic carbocycles. The number of piperazine rings is 1. The largest absolute Gasteiger partial charge is 0.368 e. The van der Waals surface area contributed by atoms with E-state index in [4.69, 9.17) is 12.2 Å². The Balaban J connectivity index is 1.51. The Morgan fingerprint density at radius 1 is 0.870 bits per heavy atom. The summed E-state index contributed by atoms with van der Waals surface area (Å²) in [7, 11) is 0. The number of hydrogen-bond acceptors (Lipinski definition) is 7. The van der Waals surface area contributed by atoms with Crippen molar-refractivity contribution in [2.75, 3.05) is 42.5 Å². The number of benzene rings is 1. The lowest BCUT2D eigenvalue weighted by Crippen LogP contribution is -2.48. The van der Waals surface area contributed by atoms with E-state index in [1.165, 1.54) is 75.3 Å². The Hall–Kier alpha value is -3.16. The number of pyridine rings is 1. The van der Waals surface area contributed by atoms with Gasteiger partial charge in [-0.05, 0) is 55.7 Å². The second-order valence-electron chi connectivity index (χ2n) is 12.3. The molecule has 46 heavy (non-hydrogen) atoms. The molecule has 0 unspecified atom stereocenters. The monoisotopic (exact) mass is 665 g/mol. The minimum atomic E-state index is -0.302. The van der Waals surface area contributed by atoms with Gasteiger partial charge in [0.25, 0.3) is 11.5 Å². The van der Waals surface area contributed by atoms with Crippen molar-refractivity contribution in [2.45, 2.75) is 97.9 Å². The quantitative estimate of drug-likeness (QED) is 0.102. The third kappa shape index (κ3) is 8.80. The topological polar surface area (TPSA) is 72.6 Å². The van der Waals surface area contributed by atoms with Crippen LogP contribution in [0.1, 0.15) is 101 Å². The summed E-state index contributed by atoms with van der Waals surface area (Å²) in [6.07, 6.45) is 14.8. The highest BCUT2D eigenvalue weighted by atomic mass is 32.2. The standard InChI is InChI=1S/C36H48FN5O2S2/c1-4-6-7-8-9-10-11-12-13-14-20-42-35(44)32(46-36(42)45)25-30-27(3)31(26-38)34(43)41(19-5-2)33(30)40-23-21-39(22-24-40)29-17-15-28(37)16-18-29/h15-18,25H,4-14,19-24H2,1-3H3/b32-25-. The fourth-order valence-corrected chi connectivity index (χ4v) is 7.62. The third-order valence-electron chi connectivity index (χ3n) is 8.95. The summed E-state index contributed by atoms with van der Waals surface area (Å²) in [4.78, 5) is 33.8. The summed E-state index contributed by atoms with van der Waals surface area (Å²) in [6.45, 7) is 9.75. The number of halogens is 1. The predicted octanol–water partition coefficient (Wildman–Crippen LogP) is 8.03. The van der Waals surface area contributed by atoms with Gasteiger partial charge in [-0.3, -0.25) is 19.1 Å². The number of carbonyl (C=O) groups is 1. The molecular weight excluding hydrogens is 618 g/mol. The van der Waals surface area contributed by atoms with E-state index in [9.17, 15) is 19.2 Å². The van der Waals surface area contributed by atoms with Crippen LogP contribution in [0.25, 0.3) is 6.08 Å². The maximum absolute atomic E-state index is 13.6. The maximum atomic E-state index is 13.6. The van der Waals surface area contributed by atoms with Crippen molar-refractivity contribution >= 4 is 51.8 Å². The zero-order valence-corrected chi connectivity index (χ0v) is 29.3. The molecule has 2 aliphatic heterocycles. The van der Waals surface area contributed by atoms with E-state index in [0.717, 1.165) is 36.3 Å². The number of nitrogens with zero attached hydrogens (tertiary/aromatic N) is 5. The van der Waals surface area contributed by atoms with E-state index in [1.54, 1.807) is 28.5 Å². The first-order valence-electron chi connectivity index (χ1n) is 17.0. The number of thioether (sulfide) groups is 1. The molecule has 4 rings (SSSR count). The second-order valence-corrected chi connectivity index (χ2v) is 13.9. The first-order valence-corrected chi connectivity index (χ1v) is 18.2. The average Bonchev–Trinajstić information content (AvgIpc) is 3.32. The number of amides is 1. The van der Waals surface area contributed by atoms with Crippen molar-refractivity contribution in [1.82, 2.24) is 9.47 Å². The minimum absolute atomic E-state index is 0.106. The zero-order chi connectivity index (χ0) is 33.1. The summed E-state index contributed by atoms with van der Waals surface area (Å²) >= 11 is 6.96. The van der Waals surface area contributed by atoms with Crippen LogP contribution >= 0.6 is 24.0 Å². The molecule has 0 atom stereocenters. The fraction of sp³-hybridized carbons (Fsp3) is 0.556. The van der Waals surface area contributed by atoms with Crippen molar-refractivity contribution in [1.29, 1.82) is 5.26 Å². The van der Waals surface area contributed by atoms with Crippen LogP contribution in [-0.4, -0.2) is 52.4 Å². The summed E-state index contributed by atoms with van der Waals surface area (Å²) in [6, 6.07) is 8.64. The Morgan fingerprint density at radius 2 is 1.46 bits per heavy atom. The van der Waals surface area contributed by atoms with Crippen LogP contribution in [0.3, 0.4) is 0 Å². The zero-order valence-electron chi connectivity index (χ0n) is 27.7. The molecule has 0 N–H and O–H groups in total. The molecule has 2 aliphatic rings. The SMILES string of the molecule is CCCCCCCCCCCCN1C(=O)/C(=C/c2c(C)c(C#N)c(=O)n(CCC)c2N2CCN(c3ccc(F)cc3)CC2)SC1=S. The van der Waals surface area contributed by atoms with E-state index < -0.39 is 0 Å². The molecule has 3 heterocycles. The Kier molecular flexibility index (Phi) is 13.7. The van der Waals surface area contributed by atoms with Crippen LogP contribution in [0, 0.1) is 24.1 Å². The molecule has 1 aromatic heterocycles. The normalized spacial score (nSPS) is 16.2. The van der Waals surface area contributed by atoms with Crippen molar-refractivity contribution in [3.05, 3.63) is 62.0 Å². The van der Waals surface area contributed by atoms with Crippen LogP contribution in [0.5, 0.6) is 0 Å². The van der Waals surface area contributed by atoms with Crippen molar-refractivity contribution in [3.63, 3.8) is 0 Å². The summed E-state index contributed by atoms with van der Waals surface area (Å²) in [5.74, 6) is 0.365. The van der Waals surface area contributed by atoms with Gasteiger partial charge < -0.3 is 9.80 Å². The van der Waals surface area contributed by atoms with Crippen LogP contribution < -0.4 is 15.4 Å². The molecular formula is C36H48FN5O2S2.